The molecule has 130 heavy (non-hydrogen) atoms. The fourth-order valence-corrected chi connectivity index (χ4v) is 31.4. The van der Waals surface area contributed by atoms with Gasteiger partial charge in [0.15, 0.2) is 16.1 Å². The number of aryl methyl sites for hydroxylation is 1. The van der Waals surface area contributed by atoms with Gasteiger partial charge in [-0.1, -0.05) is 357 Å². The third-order valence-electron chi connectivity index (χ3n) is 25.6. The Morgan fingerprint density at radius 2 is 0.646 bits per heavy atom. The van der Waals surface area contributed by atoms with E-state index in [2.05, 4.69) is 469 Å². The van der Waals surface area contributed by atoms with Crippen LogP contribution in [-0.4, -0.2) is 29.8 Å². The van der Waals surface area contributed by atoms with Crippen LogP contribution in [0.5, 0.6) is 0 Å². The van der Waals surface area contributed by atoms with Crippen molar-refractivity contribution >= 4 is 215 Å². The number of para-hydroxylation sites is 5. The molecule has 1 aliphatic carbocycles. The maximum atomic E-state index is 8.87. The number of rotatable bonds is 11. The number of fused-ring (bicyclic) bond motifs is 20. The molecule has 7 nitrogen and oxygen atoms in total. The molecule has 0 radical (unpaired) electrons. The van der Waals surface area contributed by atoms with Crippen LogP contribution in [0.1, 0.15) is 23.7 Å². The van der Waals surface area contributed by atoms with E-state index in [1.54, 1.807) is 0 Å². The van der Waals surface area contributed by atoms with Crippen LogP contribution in [0.3, 0.4) is 0 Å². The second kappa shape index (κ2) is 36.2. The standard InChI is InChI=1S/C55H38N2OSi.C42H28BrNOSi.C14H9N.C6H4Br2.K.H3N.H/c1-37-27-33-51-48(35-37)44-21-8-11-24-49(44)57(51)39-15-14-20-43(36-39)59(40-16-4-2-5-17-40,41-18-6-3-7-19-41)42-30-28-38(29-31-42)56-50-25-12-9-23-47(50)54-52(56)34-32-46-45-22-10-13-26-53(45)58-55(46)54;43-29-12-11-17-34(28-29)46(31-13-3-1-4-14-31,32-15-5-2-6-16-32)33-24-22-30(23-25-33)44-38-20-9-7-19-37(38)41-39(44)27-26-36-35-18-8-10-21-40(35)45-42(36)41;15-9-10-5-6-12-8-11-3-1-2-4-13(11)14(12)7-10;7-5-2-1-3-6(8)4-5;;;/h2-36H,1H3;1-28H;1-7H,8H2;1-4H;;1H3;/q;;;;+1;;-1. The van der Waals surface area contributed by atoms with E-state index in [4.69, 9.17) is 14.1 Å². The summed E-state index contributed by atoms with van der Waals surface area (Å²) < 4.78 is 23.7. The van der Waals surface area contributed by atoms with Crippen LogP contribution in [0, 0.1) is 18.3 Å². The van der Waals surface area contributed by atoms with Crippen molar-refractivity contribution in [3.63, 3.8) is 0 Å². The molecule has 0 saturated carbocycles. The monoisotopic (exact) mass is 1920 g/mol. The van der Waals surface area contributed by atoms with Crippen molar-refractivity contribution in [3.05, 3.63) is 485 Å². The minimum atomic E-state index is -2.90. The van der Waals surface area contributed by atoms with Gasteiger partial charge in [-0.2, -0.15) is 5.26 Å². The Kier molecular flexibility index (Phi) is 23.8. The first-order valence-corrected chi connectivity index (χ1v) is 49.5. The summed E-state index contributed by atoms with van der Waals surface area (Å²) in [5.74, 6) is 0. The van der Waals surface area contributed by atoms with Crippen molar-refractivity contribution in [1.82, 2.24) is 19.9 Å². The summed E-state index contributed by atoms with van der Waals surface area (Å²) >= 11 is 10.5. The maximum Gasteiger partial charge on any atom is 1.00 e. The van der Waals surface area contributed by atoms with Crippen LogP contribution in [0.25, 0.3) is 137 Å². The minimum absolute atomic E-state index is 0. The third-order valence-corrected chi connectivity index (χ3v) is 36.7. The molecule has 13 heteroatoms. The largest absolute Gasteiger partial charge is 1.00 e. The predicted octanol–water partition coefficient (Wildman–Crippen LogP) is 23.9. The molecule has 0 aliphatic heterocycles. The first kappa shape index (κ1) is 85.3. The molecular formula is C117H83Br3KN5O2Si2. The van der Waals surface area contributed by atoms with Crippen LogP contribution in [0.15, 0.2) is 471 Å². The van der Waals surface area contributed by atoms with Crippen LogP contribution in [0.2, 0.25) is 0 Å². The van der Waals surface area contributed by atoms with Crippen LogP contribution < -0.4 is 99.0 Å². The molecule has 5 heterocycles. The van der Waals surface area contributed by atoms with Crippen molar-refractivity contribution < 1.29 is 61.6 Å². The fraction of sp³-hybridized carbons (Fsp3) is 0.0171. The zero-order valence-electron chi connectivity index (χ0n) is 72.4. The number of hydrogen-bond donors (Lipinski definition) is 1. The quantitative estimate of drug-likeness (QED) is 0.103. The summed E-state index contributed by atoms with van der Waals surface area (Å²) in [4.78, 5) is 0. The Hall–Kier alpha value is -12.9. The summed E-state index contributed by atoms with van der Waals surface area (Å²) in [6.45, 7) is 2.18. The number of nitrogens with zero attached hydrogens (tertiary/aromatic N) is 4. The van der Waals surface area contributed by atoms with Gasteiger partial charge < -0.3 is 30.1 Å². The van der Waals surface area contributed by atoms with E-state index in [0.717, 1.165) is 108 Å². The first-order valence-electron chi connectivity index (χ1n) is 43.1. The molecule has 25 rings (SSSR count). The summed E-state index contributed by atoms with van der Waals surface area (Å²) in [5, 5.41) is 31.4. The van der Waals surface area contributed by atoms with E-state index in [9.17, 15) is 0 Å². The number of halogens is 3. The van der Waals surface area contributed by atoms with Gasteiger partial charge in [-0.15, -0.1) is 0 Å². The average molecular weight is 1930 g/mol. The summed E-state index contributed by atoms with van der Waals surface area (Å²) in [7, 11) is -5.55. The Labute approximate surface area is 824 Å². The van der Waals surface area contributed by atoms with E-state index in [0.29, 0.717) is 0 Å². The van der Waals surface area contributed by atoms with E-state index in [1.807, 2.05) is 54.6 Å². The second-order valence-corrected chi connectivity index (χ2v) is 43.2. The van der Waals surface area contributed by atoms with E-state index >= 15 is 0 Å². The molecule has 0 amide bonds. The molecule has 0 atom stereocenters. The Balaban J connectivity index is 0.000000136. The molecule has 5 aromatic heterocycles. The van der Waals surface area contributed by atoms with Crippen LogP contribution in [-0.2, 0) is 6.42 Å². The van der Waals surface area contributed by atoms with Crippen molar-refractivity contribution in [2.24, 2.45) is 0 Å². The van der Waals surface area contributed by atoms with E-state index in [1.165, 1.54) is 113 Å². The molecule has 0 fully saturated rings. The normalized spacial score (nSPS) is 11.7. The fourth-order valence-electron chi connectivity index (χ4n) is 20.1. The smallest absolute Gasteiger partial charge is 1.00 e. The molecule has 0 spiro atoms. The molecule has 618 valence electrons. The summed E-state index contributed by atoms with van der Waals surface area (Å²) in [6, 6.07) is 165. The molecule has 1 aliphatic rings. The third kappa shape index (κ3) is 14.9. The summed E-state index contributed by atoms with van der Waals surface area (Å²) in [6.07, 6.45) is 0.997. The zero-order valence-corrected chi connectivity index (χ0v) is 81.3. The number of nitriles is 1. The summed E-state index contributed by atoms with van der Waals surface area (Å²) in [5.41, 5.74) is 21.4. The molecule has 3 N–H and O–H groups in total. The van der Waals surface area contributed by atoms with Gasteiger partial charge >= 0.3 is 51.4 Å². The second-order valence-electron chi connectivity index (χ2n) is 32.8. The van der Waals surface area contributed by atoms with Gasteiger partial charge in [0.25, 0.3) is 0 Å². The molecule has 0 saturated heterocycles. The van der Waals surface area contributed by atoms with Gasteiger partial charge in [0, 0.05) is 73.6 Å². The van der Waals surface area contributed by atoms with Gasteiger partial charge in [-0.3, -0.25) is 0 Å². The molecule has 24 aromatic rings. The van der Waals surface area contributed by atoms with E-state index < -0.39 is 16.1 Å². The van der Waals surface area contributed by atoms with Gasteiger partial charge in [0.2, 0.25) is 0 Å². The number of benzene rings is 19. The number of furan rings is 2. The first-order chi connectivity index (χ1) is 63.1. The average Bonchev–Trinajstić information content (AvgIpc) is 1.63. The topological polar surface area (TPSA) is 99.9 Å². The predicted molar refractivity (Wildman–Crippen MR) is 558 cm³/mol. The van der Waals surface area contributed by atoms with Crippen molar-refractivity contribution in [2.45, 2.75) is 13.3 Å². The molecular weight excluding hydrogens is 1840 g/mol. The Morgan fingerprint density at radius 3 is 1.12 bits per heavy atom. The molecule has 19 aromatic carbocycles. The Bertz CT molecular complexity index is 8350. The maximum absolute atomic E-state index is 8.87. The van der Waals surface area contributed by atoms with Crippen LogP contribution >= 0.6 is 47.8 Å². The Morgan fingerprint density at radius 1 is 0.277 bits per heavy atom. The van der Waals surface area contributed by atoms with Gasteiger partial charge in [0.1, 0.15) is 22.3 Å². The van der Waals surface area contributed by atoms with Crippen molar-refractivity contribution in [1.29, 1.82) is 5.26 Å². The van der Waals surface area contributed by atoms with Gasteiger partial charge in [0.05, 0.1) is 55.5 Å². The SMILES string of the molecule is Brc1cccc(Br)c1.Brc1cccc([Si](c2ccccc2)(c2ccccc2)c2ccc(-n3c4ccccc4c4c5oc6ccccc6c5ccc43)cc2)c1.Cc1ccc2c(c1)c1ccccc1n2-c1cccc([Si](c2ccccc2)(c2ccccc2)c2ccc(-n3c4ccccc4c4c5oc6ccccc6c5ccc43)cc2)c1.N.N#Cc1ccc2c(c1)-c1ccccc1C2.[H-].[K+]. The van der Waals surface area contributed by atoms with Crippen molar-refractivity contribution in [2.75, 3.05) is 0 Å². The molecule has 0 unspecified atom stereocenters. The van der Waals surface area contributed by atoms with Gasteiger partial charge in [-0.05, 0) is 223 Å². The number of hydrogen-bond acceptors (Lipinski definition) is 4. The van der Waals surface area contributed by atoms with Gasteiger partial charge in [-0.25, -0.2) is 0 Å². The van der Waals surface area contributed by atoms with Crippen LogP contribution in [0.4, 0.5) is 0 Å². The molecule has 0 bridgehead atoms. The van der Waals surface area contributed by atoms with Crippen molar-refractivity contribution in [3.8, 4) is 34.3 Å². The zero-order chi connectivity index (χ0) is 86.0. The van der Waals surface area contributed by atoms with E-state index in [-0.39, 0.29) is 59.0 Å². The number of aromatic nitrogens is 3. The minimum Gasteiger partial charge on any atom is -1.00 e.